The minimum Gasteiger partial charge on any atom is -0.457 e. The fraction of sp³-hybridized carbons (Fsp3) is 0.214. The van der Waals surface area contributed by atoms with Gasteiger partial charge in [-0.2, -0.15) is 0 Å². The van der Waals surface area contributed by atoms with E-state index in [1.807, 2.05) is 6.92 Å². The Labute approximate surface area is 113 Å². The zero-order valence-electron chi connectivity index (χ0n) is 10.6. The van der Waals surface area contributed by atoms with Crippen LogP contribution in [0, 0.1) is 6.92 Å². The highest BCUT2D eigenvalue weighted by Crippen LogP contribution is 2.31. The lowest BCUT2D eigenvalue weighted by atomic mass is 9.97. The summed E-state index contributed by atoms with van der Waals surface area (Å²) in [4.78, 5) is 19.2. The van der Waals surface area contributed by atoms with Crippen molar-refractivity contribution in [2.45, 2.75) is 20.0 Å². The number of nitrogens with zero attached hydrogens (tertiary/aromatic N) is 2. The van der Waals surface area contributed by atoms with E-state index >= 15 is 0 Å². The molecule has 0 amide bonds. The molecule has 1 aliphatic heterocycles. The van der Waals surface area contributed by atoms with Gasteiger partial charge < -0.3 is 4.74 Å². The standard InChI is InChI=1S/C14H10F2N2O2/c1-7-8(2-3-9-10(7)6-20-14(9)19)11-4-17-5-12(18-11)13(15)16/h2-5,13H,6H2,1H3. The number of cyclic esters (lactones) is 1. The summed E-state index contributed by atoms with van der Waals surface area (Å²) in [5, 5.41) is 0. The minimum atomic E-state index is -2.66. The number of rotatable bonds is 2. The predicted molar refractivity (Wildman–Crippen MR) is 66.3 cm³/mol. The molecule has 4 nitrogen and oxygen atoms in total. The van der Waals surface area contributed by atoms with E-state index < -0.39 is 6.43 Å². The van der Waals surface area contributed by atoms with Gasteiger partial charge in [0.05, 0.1) is 23.7 Å². The molecule has 20 heavy (non-hydrogen) atoms. The smallest absolute Gasteiger partial charge is 0.338 e. The molecule has 0 saturated carbocycles. The number of alkyl halides is 2. The zero-order valence-corrected chi connectivity index (χ0v) is 10.6. The molecule has 1 aromatic carbocycles. The molecule has 6 heteroatoms. The normalized spacial score (nSPS) is 13.5. The number of aromatic nitrogens is 2. The summed E-state index contributed by atoms with van der Waals surface area (Å²) in [6, 6.07) is 3.31. The Balaban J connectivity index is 2.12. The number of carbonyl (C=O) groups is 1. The second kappa shape index (κ2) is 4.63. The third-order valence-corrected chi connectivity index (χ3v) is 3.32. The van der Waals surface area contributed by atoms with Gasteiger partial charge in [0.2, 0.25) is 0 Å². The van der Waals surface area contributed by atoms with E-state index in [1.54, 1.807) is 12.1 Å². The van der Waals surface area contributed by atoms with Gasteiger partial charge in [0, 0.05) is 11.1 Å². The van der Waals surface area contributed by atoms with Gasteiger partial charge in [0.15, 0.2) is 0 Å². The van der Waals surface area contributed by atoms with Crippen molar-refractivity contribution in [2.24, 2.45) is 0 Å². The van der Waals surface area contributed by atoms with Gasteiger partial charge in [0.1, 0.15) is 12.3 Å². The first-order chi connectivity index (χ1) is 9.58. The van der Waals surface area contributed by atoms with E-state index in [-0.39, 0.29) is 18.3 Å². The molecule has 1 aliphatic rings. The number of carbonyl (C=O) groups excluding carboxylic acids is 1. The summed E-state index contributed by atoms with van der Waals surface area (Å²) in [6.07, 6.45) is -0.191. The number of halogens is 2. The van der Waals surface area contributed by atoms with Gasteiger partial charge in [-0.15, -0.1) is 0 Å². The Morgan fingerprint density at radius 3 is 2.75 bits per heavy atom. The van der Waals surface area contributed by atoms with Crippen LogP contribution >= 0.6 is 0 Å². The van der Waals surface area contributed by atoms with Crippen molar-refractivity contribution in [3.8, 4) is 11.3 Å². The molecular weight excluding hydrogens is 266 g/mol. The Morgan fingerprint density at radius 2 is 2.00 bits per heavy atom. The Morgan fingerprint density at radius 1 is 1.25 bits per heavy atom. The summed E-state index contributed by atoms with van der Waals surface area (Å²) >= 11 is 0. The molecule has 102 valence electrons. The highest BCUT2D eigenvalue weighted by molar-refractivity contribution is 5.94. The van der Waals surface area contributed by atoms with Gasteiger partial charge in [-0.1, -0.05) is 6.07 Å². The molecule has 0 atom stereocenters. The lowest BCUT2D eigenvalue weighted by molar-refractivity contribution is 0.0535. The monoisotopic (exact) mass is 276 g/mol. The molecule has 0 bridgehead atoms. The van der Waals surface area contributed by atoms with Crippen LogP contribution < -0.4 is 0 Å². The van der Waals surface area contributed by atoms with E-state index in [0.29, 0.717) is 16.8 Å². The van der Waals surface area contributed by atoms with Crippen LogP contribution in [0.5, 0.6) is 0 Å². The van der Waals surface area contributed by atoms with Crippen LogP contribution in [0.25, 0.3) is 11.3 Å². The first-order valence-corrected chi connectivity index (χ1v) is 5.98. The lowest BCUT2D eigenvalue weighted by Crippen LogP contribution is -1.99. The number of esters is 1. The summed E-state index contributed by atoms with van der Waals surface area (Å²) in [6.45, 7) is 2.02. The van der Waals surface area contributed by atoms with E-state index in [2.05, 4.69) is 9.97 Å². The van der Waals surface area contributed by atoms with Crippen molar-refractivity contribution in [1.82, 2.24) is 9.97 Å². The van der Waals surface area contributed by atoms with Crippen molar-refractivity contribution in [3.05, 3.63) is 46.9 Å². The SMILES string of the molecule is Cc1c(-c2cncc(C(F)F)n2)ccc2c1COC2=O. The molecule has 0 radical (unpaired) electrons. The third kappa shape index (κ3) is 1.93. The summed E-state index contributed by atoms with van der Waals surface area (Å²) in [5.41, 5.74) is 2.77. The number of hydrogen-bond donors (Lipinski definition) is 0. The Bertz CT molecular complexity index is 702. The largest absolute Gasteiger partial charge is 0.457 e. The fourth-order valence-corrected chi connectivity index (χ4v) is 2.24. The van der Waals surface area contributed by atoms with Crippen LogP contribution in [-0.4, -0.2) is 15.9 Å². The van der Waals surface area contributed by atoms with Crippen LogP contribution in [0.15, 0.2) is 24.5 Å². The van der Waals surface area contributed by atoms with E-state index in [1.165, 1.54) is 6.20 Å². The molecule has 0 unspecified atom stereocenters. The predicted octanol–water partition coefficient (Wildman–Crippen LogP) is 3.06. The molecule has 2 aromatic rings. The molecule has 0 spiro atoms. The molecule has 2 heterocycles. The van der Waals surface area contributed by atoms with Crippen molar-refractivity contribution >= 4 is 5.97 Å². The number of benzene rings is 1. The van der Waals surface area contributed by atoms with Crippen molar-refractivity contribution in [3.63, 3.8) is 0 Å². The molecule has 3 rings (SSSR count). The molecule has 0 saturated heterocycles. The maximum Gasteiger partial charge on any atom is 0.338 e. The van der Waals surface area contributed by atoms with E-state index in [0.717, 1.165) is 17.3 Å². The Hall–Kier alpha value is -2.37. The average molecular weight is 276 g/mol. The van der Waals surface area contributed by atoms with Gasteiger partial charge in [-0.3, -0.25) is 4.98 Å². The molecular formula is C14H10F2N2O2. The highest BCUT2D eigenvalue weighted by Gasteiger charge is 2.24. The Kier molecular flexibility index (Phi) is 2.93. The van der Waals surface area contributed by atoms with E-state index in [9.17, 15) is 13.6 Å². The average Bonchev–Trinajstić information content (AvgIpc) is 2.82. The van der Waals surface area contributed by atoms with Crippen LogP contribution in [0.1, 0.15) is 33.6 Å². The third-order valence-electron chi connectivity index (χ3n) is 3.32. The summed E-state index contributed by atoms with van der Waals surface area (Å²) in [5.74, 6) is -0.359. The first-order valence-electron chi connectivity index (χ1n) is 5.98. The number of fused-ring (bicyclic) bond motifs is 1. The van der Waals surface area contributed by atoms with Crippen LogP contribution in [0.3, 0.4) is 0 Å². The summed E-state index contributed by atoms with van der Waals surface area (Å²) in [7, 11) is 0. The van der Waals surface area contributed by atoms with Crippen LogP contribution in [0.2, 0.25) is 0 Å². The first kappa shape index (κ1) is 12.7. The second-order valence-electron chi connectivity index (χ2n) is 4.47. The fourth-order valence-electron chi connectivity index (χ4n) is 2.24. The topological polar surface area (TPSA) is 52.1 Å². The zero-order chi connectivity index (χ0) is 14.3. The van der Waals surface area contributed by atoms with E-state index in [4.69, 9.17) is 4.74 Å². The highest BCUT2D eigenvalue weighted by atomic mass is 19.3. The van der Waals surface area contributed by atoms with Gasteiger partial charge >= 0.3 is 5.97 Å². The maximum atomic E-state index is 12.7. The number of ether oxygens (including phenoxy) is 1. The lowest BCUT2D eigenvalue weighted by Gasteiger charge is -2.09. The van der Waals surface area contributed by atoms with Gasteiger partial charge in [0.25, 0.3) is 6.43 Å². The van der Waals surface area contributed by atoms with Crippen molar-refractivity contribution in [1.29, 1.82) is 0 Å². The quantitative estimate of drug-likeness (QED) is 0.791. The molecule has 0 N–H and O–H groups in total. The minimum absolute atomic E-state index is 0.204. The molecule has 0 aliphatic carbocycles. The van der Waals surface area contributed by atoms with Crippen molar-refractivity contribution < 1.29 is 18.3 Å². The molecule has 0 fully saturated rings. The second-order valence-corrected chi connectivity index (χ2v) is 4.47. The van der Waals surface area contributed by atoms with Gasteiger partial charge in [-0.05, 0) is 18.6 Å². The van der Waals surface area contributed by atoms with Crippen LogP contribution in [0.4, 0.5) is 8.78 Å². The summed E-state index contributed by atoms with van der Waals surface area (Å²) < 4.78 is 30.3. The van der Waals surface area contributed by atoms with Crippen LogP contribution in [-0.2, 0) is 11.3 Å². The number of hydrogen-bond acceptors (Lipinski definition) is 4. The van der Waals surface area contributed by atoms with Crippen molar-refractivity contribution in [2.75, 3.05) is 0 Å². The van der Waals surface area contributed by atoms with Gasteiger partial charge in [-0.25, -0.2) is 18.6 Å². The molecule has 1 aromatic heterocycles. The maximum absolute atomic E-state index is 12.7.